The van der Waals surface area contributed by atoms with Gasteiger partial charge in [0, 0.05) is 17.3 Å². The third kappa shape index (κ3) is 2.51. The van der Waals surface area contributed by atoms with E-state index in [2.05, 4.69) is 4.98 Å². The lowest BCUT2D eigenvalue weighted by Crippen LogP contribution is -2.05. The summed E-state index contributed by atoms with van der Waals surface area (Å²) in [7, 11) is 0. The molecule has 0 aliphatic carbocycles. The van der Waals surface area contributed by atoms with Crippen molar-refractivity contribution in [2.45, 2.75) is 6.42 Å². The van der Waals surface area contributed by atoms with Gasteiger partial charge >= 0.3 is 5.97 Å². The van der Waals surface area contributed by atoms with Crippen molar-refractivity contribution >= 4 is 5.97 Å². The van der Waals surface area contributed by atoms with Gasteiger partial charge in [0.1, 0.15) is 11.6 Å². The number of carbonyl (C=O) groups is 1. The standard InChI is InChI=1S/C13H9F2NO2/c14-9-3-1-8(2-4-9)11-6-16-7-12(15)10(11)5-13(17)18/h1-4,6-7H,5H2,(H,17,18). The van der Waals surface area contributed by atoms with Crippen LogP contribution in [0.3, 0.4) is 0 Å². The van der Waals surface area contributed by atoms with E-state index in [9.17, 15) is 13.6 Å². The van der Waals surface area contributed by atoms with Crippen molar-refractivity contribution in [3.63, 3.8) is 0 Å². The first kappa shape index (κ1) is 12.2. The molecule has 0 unspecified atom stereocenters. The van der Waals surface area contributed by atoms with Crippen LogP contribution in [0.4, 0.5) is 8.78 Å². The highest BCUT2D eigenvalue weighted by Gasteiger charge is 2.14. The van der Waals surface area contributed by atoms with Gasteiger partial charge in [-0.25, -0.2) is 8.78 Å². The van der Waals surface area contributed by atoms with Crippen LogP contribution in [0.15, 0.2) is 36.7 Å². The first-order chi connectivity index (χ1) is 8.58. The summed E-state index contributed by atoms with van der Waals surface area (Å²) in [6.45, 7) is 0. The average molecular weight is 249 g/mol. The predicted octanol–water partition coefficient (Wildman–Crippen LogP) is 2.65. The normalized spacial score (nSPS) is 10.3. The van der Waals surface area contributed by atoms with E-state index in [1.165, 1.54) is 30.5 Å². The number of halogens is 2. The van der Waals surface area contributed by atoms with Crippen molar-refractivity contribution in [1.29, 1.82) is 0 Å². The van der Waals surface area contributed by atoms with Crippen molar-refractivity contribution in [1.82, 2.24) is 4.98 Å². The molecule has 1 N–H and O–H groups in total. The summed E-state index contributed by atoms with van der Waals surface area (Å²) < 4.78 is 26.4. The van der Waals surface area contributed by atoms with Crippen LogP contribution < -0.4 is 0 Å². The number of pyridine rings is 1. The lowest BCUT2D eigenvalue weighted by atomic mass is 9.99. The van der Waals surface area contributed by atoms with E-state index >= 15 is 0 Å². The Labute approximate surface area is 102 Å². The molecule has 1 aromatic heterocycles. The van der Waals surface area contributed by atoms with Gasteiger partial charge < -0.3 is 5.11 Å². The quantitative estimate of drug-likeness (QED) is 0.909. The summed E-state index contributed by atoms with van der Waals surface area (Å²) in [6, 6.07) is 5.36. The second-order valence-corrected chi connectivity index (χ2v) is 3.72. The first-order valence-electron chi connectivity index (χ1n) is 5.18. The molecule has 18 heavy (non-hydrogen) atoms. The molecule has 5 heteroatoms. The molecule has 0 fully saturated rings. The summed E-state index contributed by atoms with van der Waals surface area (Å²) in [5.41, 5.74) is 0.932. The van der Waals surface area contributed by atoms with Crippen LogP contribution in [0.2, 0.25) is 0 Å². The van der Waals surface area contributed by atoms with Crippen LogP contribution in [-0.4, -0.2) is 16.1 Å². The van der Waals surface area contributed by atoms with Crippen molar-refractivity contribution < 1.29 is 18.7 Å². The Morgan fingerprint density at radius 1 is 1.17 bits per heavy atom. The zero-order valence-electron chi connectivity index (χ0n) is 9.23. The zero-order valence-corrected chi connectivity index (χ0v) is 9.23. The molecule has 0 atom stereocenters. The van der Waals surface area contributed by atoms with Gasteiger partial charge in [-0.05, 0) is 17.7 Å². The number of rotatable bonds is 3. The topological polar surface area (TPSA) is 50.2 Å². The van der Waals surface area contributed by atoms with Crippen LogP contribution in [-0.2, 0) is 11.2 Å². The SMILES string of the molecule is O=C(O)Cc1c(F)cncc1-c1ccc(F)cc1. The number of carboxylic acid groups (broad SMARTS) is 1. The van der Waals surface area contributed by atoms with Gasteiger partial charge in [-0.15, -0.1) is 0 Å². The van der Waals surface area contributed by atoms with E-state index in [0.29, 0.717) is 11.1 Å². The largest absolute Gasteiger partial charge is 0.481 e. The number of hydrogen-bond acceptors (Lipinski definition) is 2. The second-order valence-electron chi connectivity index (χ2n) is 3.72. The van der Waals surface area contributed by atoms with Gasteiger partial charge in [-0.3, -0.25) is 9.78 Å². The molecule has 0 spiro atoms. The molecule has 1 aromatic carbocycles. The summed E-state index contributed by atoms with van der Waals surface area (Å²) in [4.78, 5) is 14.4. The fourth-order valence-electron chi connectivity index (χ4n) is 1.67. The van der Waals surface area contributed by atoms with Crippen LogP contribution >= 0.6 is 0 Å². The van der Waals surface area contributed by atoms with Gasteiger partial charge in [0.25, 0.3) is 0 Å². The van der Waals surface area contributed by atoms with E-state index in [4.69, 9.17) is 5.11 Å². The Morgan fingerprint density at radius 3 is 2.44 bits per heavy atom. The number of aromatic nitrogens is 1. The molecule has 0 bridgehead atoms. The number of aliphatic carboxylic acids is 1. The van der Waals surface area contributed by atoms with Crippen molar-refractivity contribution in [3.05, 3.63) is 53.9 Å². The Balaban J connectivity index is 2.53. The molecular formula is C13H9F2NO2. The lowest BCUT2D eigenvalue weighted by Gasteiger charge is -2.08. The number of nitrogens with zero attached hydrogens (tertiary/aromatic N) is 1. The zero-order chi connectivity index (χ0) is 13.1. The van der Waals surface area contributed by atoms with E-state index in [1.54, 1.807) is 0 Å². The molecular weight excluding hydrogens is 240 g/mol. The molecule has 0 saturated carbocycles. The second kappa shape index (κ2) is 4.91. The van der Waals surface area contributed by atoms with Gasteiger partial charge in [0.15, 0.2) is 0 Å². The molecule has 0 aliphatic rings. The van der Waals surface area contributed by atoms with Crippen molar-refractivity contribution in [3.8, 4) is 11.1 Å². The van der Waals surface area contributed by atoms with Gasteiger partial charge in [0.2, 0.25) is 0 Å². The maximum atomic E-state index is 13.6. The fourth-order valence-corrected chi connectivity index (χ4v) is 1.67. The fraction of sp³-hybridized carbons (Fsp3) is 0.0769. The Bertz CT molecular complexity index is 582. The van der Waals surface area contributed by atoms with E-state index in [0.717, 1.165) is 6.20 Å². The minimum absolute atomic E-state index is 0.0455. The molecule has 0 radical (unpaired) electrons. The van der Waals surface area contributed by atoms with Crippen molar-refractivity contribution in [2.24, 2.45) is 0 Å². The third-order valence-electron chi connectivity index (χ3n) is 2.49. The molecule has 0 amide bonds. The van der Waals surface area contributed by atoms with Crippen LogP contribution in [0, 0.1) is 11.6 Å². The molecule has 2 rings (SSSR count). The van der Waals surface area contributed by atoms with Crippen LogP contribution in [0.5, 0.6) is 0 Å². The number of carboxylic acids is 1. The maximum Gasteiger partial charge on any atom is 0.307 e. The highest BCUT2D eigenvalue weighted by atomic mass is 19.1. The highest BCUT2D eigenvalue weighted by molar-refractivity contribution is 5.76. The first-order valence-corrected chi connectivity index (χ1v) is 5.18. The average Bonchev–Trinajstić information content (AvgIpc) is 2.32. The Morgan fingerprint density at radius 2 is 1.83 bits per heavy atom. The Kier molecular flexibility index (Phi) is 3.32. The third-order valence-corrected chi connectivity index (χ3v) is 2.49. The monoisotopic (exact) mass is 249 g/mol. The van der Waals surface area contributed by atoms with Crippen LogP contribution in [0.25, 0.3) is 11.1 Å². The summed E-state index contributed by atoms with van der Waals surface area (Å²) in [5.74, 6) is -2.23. The minimum Gasteiger partial charge on any atom is -0.481 e. The predicted molar refractivity (Wildman–Crippen MR) is 60.9 cm³/mol. The van der Waals surface area contributed by atoms with Crippen molar-refractivity contribution in [2.75, 3.05) is 0 Å². The summed E-state index contributed by atoms with van der Waals surface area (Å²) in [5, 5.41) is 8.76. The number of benzene rings is 1. The Hall–Kier alpha value is -2.30. The van der Waals surface area contributed by atoms with E-state index < -0.39 is 24.0 Å². The summed E-state index contributed by atoms with van der Waals surface area (Å²) >= 11 is 0. The number of hydrogen-bond donors (Lipinski definition) is 1. The summed E-state index contributed by atoms with van der Waals surface area (Å²) in [6.07, 6.45) is 1.89. The molecule has 2 aromatic rings. The minimum atomic E-state index is -1.14. The molecule has 0 saturated heterocycles. The molecule has 0 aliphatic heterocycles. The molecule has 92 valence electrons. The highest BCUT2D eigenvalue weighted by Crippen LogP contribution is 2.25. The van der Waals surface area contributed by atoms with Crippen LogP contribution in [0.1, 0.15) is 5.56 Å². The molecule has 1 heterocycles. The van der Waals surface area contributed by atoms with Gasteiger partial charge in [0.05, 0.1) is 12.6 Å². The van der Waals surface area contributed by atoms with Gasteiger partial charge in [-0.1, -0.05) is 12.1 Å². The maximum absolute atomic E-state index is 13.6. The van der Waals surface area contributed by atoms with E-state index in [-0.39, 0.29) is 5.56 Å². The van der Waals surface area contributed by atoms with E-state index in [1.807, 2.05) is 0 Å². The smallest absolute Gasteiger partial charge is 0.307 e. The van der Waals surface area contributed by atoms with Gasteiger partial charge in [-0.2, -0.15) is 0 Å². The molecule has 3 nitrogen and oxygen atoms in total. The lowest BCUT2D eigenvalue weighted by molar-refractivity contribution is -0.136.